The second-order valence-electron chi connectivity index (χ2n) is 17.1. The van der Waals surface area contributed by atoms with Crippen molar-refractivity contribution in [1.29, 1.82) is 0 Å². The molecule has 8 fully saturated rings. The quantitative estimate of drug-likeness (QED) is 0.437. The molecule has 0 aromatic rings. The van der Waals surface area contributed by atoms with Gasteiger partial charge in [-0.3, -0.25) is 24.4 Å². The van der Waals surface area contributed by atoms with Crippen molar-refractivity contribution in [2.24, 2.45) is 5.92 Å². The van der Waals surface area contributed by atoms with Gasteiger partial charge in [0, 0.05) is 106 Å². The highest BCUT2D eigenvalue weighted by atomic mass is 16.2. The molecule has 8 saturated heterocycles. The van der Waals surface area contributed by atoms with Crippen molar-refractivity contribution in [3.63, 3.8) is 0 Å². The van der Waals surface area contributed by atoms with Crippen LogP contribution < -0.4 is 0 Å². The Morgan fingerprint density at radius 3 is 1.73 bits per heavy atom. The highest BCUT2D eigenvalue weighted by Crippen LogP contribution is 2.38. The van der Waals surface area contributed by atoms with Crippen LogP contribution in [0.15, 0.2) is 0 Å². The molecular weight excluding hydrogens is 550 g/mol. The minimum Gasteiger partial charge on any atom is -0.334 e. The zero-order valence-corrected chi connectivity index (χ0v) is 29.3. The number of amides is 3. The van der Waals surface area contributed by atoms with E-state index in [4.69, 9.17) is 0 Å². The van der Waals surface area contributed by atoms with Gasteiger partial charge < -0.3 is 14.7 Å². The predicted octanol–water partition coefficient (Wildman–Crippen LogP) is 3.63. The maximum Gasteiger partial charge on any atom is 0.320 e. The van der Waals surface area contributed by atoms with Crippen LogP contribution in [0.5, 0.6) is 0 Å². The van der Waals surface area contributed by atoms with Crippen LogP contribution in [0.3, 0.4) is 0 Å². The number of fused-ring (bicyclic) bond motifs is 4. The highest BCUT2D eigenvalue weighted by Gasteiger charge is 2.51. The summed E-state index contributed by atoms with van der Waals surface area (Å²) < 4.78 is 0. The summed E-state index contributed by atoms with van der Waals surface area (Å²) in [5.41, 5.74) is 0.320. The van der Waals surface area contributed by atoms with E-state index >= 15 is 0 Å². The van der Waals surface area contributed by atoms with E-state index in [1.165, 1.54) is 19.3 Å². The zero-order chi connectivity index (χ0) is 31.6. The number of carbonyl (C=O) groups is 2. The van der Waals surface area contributed by atoms with Crippen molar-refractivity contribution in [3.05, 3.63) is 0 Å². The summed E-state index contributed by atoms with van der Waals surface area (Å²) in [7, 11) is 0. The van der Waals surface area contributed by atoms with Crippen molar-refractivity contribution in [3.8, 4) is 0 Å². The monoisotopic (exact) mass is 614 g/mol. The fourth-order valence-electron chi connectivity index (χ4n) is 9.32. The summed E-state index contributed by atoms with van der Waals surface area (Å²) >= 11 is 0. The highest BCUT2D eigenvalue weighted by molar-refractivity contribution is 5.81. The summed E-state index contributed by atoms with van der Waals surface area (Å²) in [6, 6.07) is 3.05. The molecule has 44 heavy (non-hydrogen) atoms. The largest absolute Gasteiger partial charge is 0.334 e. The Kier molecular flexibility index (Phi) is 9.10. The van der Waals surface area contributed by atoms with Crippen LogP contribution in [0.4, 0.5) is 4.79 Å². The summed E-state index contributed by atoms with van der Waals surface area (Å²) in [5.74, 6) is 0.668. The molecule has 5 atom stereocenters. The molecule has 9 heteroatoms. The number of hydrogen-bond donors (Lipinski definition) is 0. The smallest absolute Gasteiger partial charge is 0.320 e. The number of carbonyl (C=O) groups excluding carboxylic acids is 2. The van der Waals surface area contributed by atoms with Crippen LogP contribution in [0.25, 0.3) is 0 Å². The van der Waals surface area contributed by atoms with Crippen LogP contribution in [0.2, 0.25) is 0 Å². The van der Waals surface area contributed by atoms with Gasteiger partial charge in [-0.2, -0.15) is 0 Å². The molecule has 9 nitrogen and oxygen atoms in total. The first-order chi connectivity index (χ1) is 20.7. The normalized spacial score (nSPS) is 32.1. The van der Waals surface area contributed by atoms with Crippen LogP contribution in [0.1, 0.15) is 93.9 Å². The first kappa shape index (κ1) is 32.5. The van der Waals surface area contributed by atoms with Gasteiger partial charge in [0.05, 0.1) is 0 Å². The summed E-state index contributed by atoms with van der Waals surface area (Å²) in [6.07, 6.45) is 6.74. The lowest BCUT2D eigenvalue weighted by Crippen LogP contribution is -2.73. The van der Waals surface area contributed by atoms with Crippen molar-refractivity contribution in [2.75, 3.05) is 65.4 Å². The zero-order valence-electron chi connectivity index (χ0n) is 29.3. The van der Waals surface area contributed by atoms with E-state index in [0.717, 1.165) is 84.7 Å². The van der Waals surface area contributed by atoms with Gasteiger partial charge in [-0.15, -0.1) is 0 Å². The fraction of sp³-hybridized carbons (Fsp3) is 0.943. The Bertz CT molecular complexity index is 1020. The van der Waals surface area contributed by atoms with E-state index in [0.29, 0.717) is 42.2 Å². The molecule has 8 heterocycles. The van der Waals surface area contributed by atoms with Gasteiger partial charge in [-0.1, -0.05) is 0 Å². The van der Waals surface area contributed by atoms with Crippen molar-refractivity contribution in [2.45, 2.75) is 141 Å². The molecule has 0 N–H and O–H groups in total. The van der Waals surface area contributed by atoms with Gasteiger partial charge in [-0.05, 0) is 107 Å². The molecular formula is C35H63N7O2. The maximum atomic E-state index is 13.5. The average molecular weight is 614 g/mol. The molecule has 0 aliphatic carbocycles. The Labute approximate surface area is 268 Å². The van der Waals surface area contributed by atoms with Gasteiger partial charge in [0.15, 0.2) is 0 Å². The Morgan fingerprint density at radius 1 is 0.682 bits per heavy atom. The summed E-state index contributed by atoms with van der Waals surface area (Å²) in [5, 5.41) is 0. The second-order valence-corrected chi connectivity index (χ2v) is 17.1. The van der Waals surface area contributed by atoms with Crippen molar-refractivity contribution >= 4 is 11.9 Å². The Morgan fingerprint density at radius 2 is 1.20 bits per heavy atom. The molecule has 0 aromatic heterocycles. The topological polar surface area (TPSA) is 56.8 Å². The number of hydrogen-bond acceptors (Lipinski definition) is 6. The second kappa shape index (κ2) is 12.3. The van der Waals surface area contributed by atoms with Crippen LogP contribution in [0, 0.1) is 5.92 Å². The van der Waals surface area contributed by atoms with Crippen molar-refractivity contribution in [1.82, 2.24) is 34.3 Å². The third-order valence-electron chi connectivity index (χ3n) is 12.6. The van der Waals surface area contributed by atoms with E-state index in [1.807, 2.05) is 0 Å². The molecule has 0 spiro atoms. The van der Waals surface area contributed by atoms with E-state index < -0.39 is 0 Å². The molecule has 0 aromatic carbocycles. The minimum absolute atomic E-state index is 0.122. The molecule has 5 unspecified atom stereocenters. The van der Waals surface area contributed by atoms with E-state index in [2.05, 4.69) is 89.7 Å². The SMILES string of the molecule is CC(C)N1CC2CC(C1)N2C(=O)N1CCN(C(C)(C)CCC(C)N2CC3CC(C2)N3C(=O)C2CCN(C(C)(C)C)CC2)CC1. The molecule has 0 saturated carbocycles. The first-order valence-electron chi connectivity index (χ1n) is 18.1. The lowest BCUT2D eigenvalue weighted by atomic mass is 9.82. The van der Waals surface area contributed by atoms with Crippen LogP contribution in [-0.4, -0.2) is 159 Å². The number of rotatable bonds is 7. The molecule has 250 valence electrons. The van der Waals surface area contributed by atoms with E-state index in [9.17, 15) is 9.59 Å². The van der Waals surface area contributed by atoms with Gasteiger partial charge >= 0.3 is 6.03 Å². The van der Waals surface area contributed by atoms with E-state index in [-0.39, 0.29) is 23.0 Å². The lowest BCUT2D eigenvalue weighted by molar-refractivity contribution is -0.162. The number of nitrogens with zero attached hydrogens (tertiary/aromatic N) is 7. The number of urea groups is 1. The van der Waals surface area contributed by atoms with Gasteiger partial charge in [-0.25, -0.2) is 4.79 Å². The van der Waals surface area contributed by atoms with Crippen molar-refractivity contribution < 1.29 is 9.59 Å². The summed E-state index contributed by atoms with van der Waals surface area (Å²) in [6.45, 7) is 28.5. The molecule has 8 aliphatic rings. The average Bonchev–Trinajstić information content (AvgIpc) is 2.99. The number of piperidine rings is 3. The van der Waals surface area contributed by atoms with Crippen LogP contribution in [-0.2, 0) is 4.79 Å². The fourth-order valence-corrected chi connectivity index (χ4v) is 9.32. The van der Waals surface area contributed by atoms with Gasteiger partial charge in [0.2, 0.25) is 5.91 Å². The molecule has 4 bridgehead atoms. The molecule has 3 amide bonds. The van der Waals surface area contributed by atoms with E-state index in [1.54, 1.807) is 0 Å². The molecule has 0 radical (unpaired) electrons. The van der Waals surface area contributed by atoms with Gasteiger partial charge in [0.1, 0.15) is 0 Å². The maximum absolute atomic E-state index is 13.5. The summed E-state index contributed by atoms with van der Waals surface area (Å²) in [4.78, 5) is 43.9. The molecule has 8 aliphatic heterocycles. The minimum atomic E-state index is 0.122. The first-order valence-corrected chi connectivity index (χ1v) is 18.1. The van der Waals surface area contributed by atoms with Crippen LogP contribution >= 0.6 is 0 Å². The standard InChI is InChI=1S/C35H63N7O2/c1-25(2)37-21-30-20-31(22-37)42(30)33(44)36-15-17-40(18-16-36)35(7,8)12-9-26(3)38-23-28-19-29(24-38)41(28)32(43)27-10-13-39(14-11-27)34(4,5)6/h25-31H,9-24H2,1-8H3. The molecule has 8 rings (SSSR count). The predicted molar refractivity (Wildman–Crippen MR) is 177 cm³/mol. The number of likely N-dealkylation sites (tertiary alicyclic amines) is 1. The third-order valence-corrected chi connectivity index (χ3v) is 12.6. The Balaban J connectivity index is 0.918. The van der Waals surface area contributed by atoms with Gasteiger partial charge in [0.25, 0.3) is 0 Å². The number of piperazine rings is 3. The Hall–Kier alpha value is -1.42. The lowest BCUT2D eigenvalue weighted by Gasteiger charge is -2.59. The third kappa shape index (κ3) is 6.28.